The molecular weight excluding hydrogens is 459 g/mol. The Hall–Kier alpha value is -4.27. The Kier molecular flexibility index (Phi) is 6.62. The lowest BCUT2D eigenvalue weighted by atomic mass is 10.1. The Labute approximate surface area is 209 Å². The van der Waals surface area contributed by atoms with Gasteiger partial charge < -0.3 is 19.1 Å². The molecule has 0 unspecified atom stereocenters. The first-order valence-corrected chi connectivity index (χ1v) is 11.8. The summed E-state index contributed by atoms with van der Waals surface area (Å²) in [5, 5.41) is 0. The van der Waals surface area contributed by atoms with E-state index < -0.39 is 0 Å². The van der Waals surface area contributed by atoms with Crippen LogP contribution in [0.3, 0.4) is 0 Å². The lowest BCUT2D eigenvalue weighted by molar-refractivity contribution is -0.130. The zero-order valence-corrected chi connectivity index (χ0v) is 20.3. The number of benzene rings is 2. The SMILES string of the molecule is COc1cc(N2CCN(C(=O)Cc3nc(-c4ccc(C)cc4)cn3-c3ccc(F)cc3)CC2)ncn1. The van der Waals surface area contributed by atoms with Crippen molar-refractivity contribution in [2.24, 2.45) is 0 Å². The molecule has 2 aromatic heterocycles. The van der Waals surface area contributed by atoms with Crippen molar-refractivity contribution in [2.75, 3.05) is 38.2 Å². The fourth-order valence-electron chi connectivity index (χ4n) is 4.28. The lowest BCUT2D eigenvalue weighted by Crippen LogP contribution is -2.49. The molecule has 3 heterocycles. The molecule has 0 aliphatic carbocycles. The molecule has 1 fully saturated rings. The van der Waals surface area contributed by atoms with Crippen LogP contribution in [0.15, 0.2) is 67.1 Å². The molecule has 0 spiro atoms. The molecule has 1 saturated heterocycles. The Morgan fingerprint density at radius 2 is 1.72 bits per heavy atom. The van der Waals surface area contributed by atoms with E-state index in [1.54, 1.807) is 25.3 Å². The molecule has 0 bridgehead atoms. The molecule has 4 aromatic rings. The van der Waals surface area contributed by atoms with Gasteiger partial charge in [0, 0.05) is 49.7 Å². The predicted octanol–water partition coefficient (Wildman–Crippen LogP) is 3.68. The van der Waals surface area contributed by atoms with Crippen LogP contribution < -0.4 is 9.64 Å². The second-order valence-corrected chi connectivity index (χ2v) is 8.72. The number of hydrogen-bond donors (Lipinski definition) is 0. The van der Waals surface area contributed by atoms with E-state index in [1.807, 2.05) is 46.9 Å². The van der Waals surface area contributed by atoms with E-state index in [0.717, 1.165) is 28.3 Å². The summed E-state index contributed by atoms with van der Waals surface area (Å²) >= 11 is 0. The number of hydrogen-bond acceptors (Lipinski definition) is 6. The second-order valence-electron chi connectivity index (χ2n) is 8.72. The van der Waals surface area contributed by atoms with Crippen molar-refractivity contribution in [3.05, 3.63) is 84.3 Å². The van der Waals surface area contributed by atoms with Crippen LogP contribution in [0.1, 0.15) is 11.4 Å². The average Bonchev–Trinajstić information content (AvgIpc) is 3.33. The molecule has 0 N–H and O–H groups in total. The zero-order valence-electron chi connectivity index (χ0n) is 20.3. The number of aromatic nitrogens is 4. The number of methoxy groups -OCH3 is 1. The van der Waals surface area contributed by atoms with Crippen molar-refractivity contribution < 1.29 is 13.9 Å². The quantitative estimate of drug-likeness (QED) is 0.414. The third kappa shape index (κ3) is 5.05. The molecule has 184 valence electrons. The fraction of sp³-hybridized carbons (Fsp3) is 0.259. The molecule has 0 saturated carbocycles. The van der Waals surface area contributed by atoms with Gasteiger partial charge in [0.1, 0.15) is 23.8 Å². The Balaban J connectivity index is 1.34. The zero-order chi connectivity index (χ0) is 25.1. The van der Waals surface area contributed by atoms with Gasteiger partial charge in [-0.2, -0.15) is 0 Å². The lowest BCUT2D eigenvalue weighted by Gasteiger charge is -2.35. The maximum atomic E-state index is 13.6. The van der Waals surface area contributed by atoms with Crippen LogP contribution in [-0.2, 0) is 11.2 Å². The number of ether oxygens (including phenoxy) is 1. The molecule has 2 aromatic carbocycles. The van der Waals surface area contributed by atoms with Gasteiger partial charge >= 0.3 is 0 Å². The number of piperazine rings is 1. The first-order chi connectivity index (χ1) is 17.5. The van der Waals surface area contributed by atoms with Gasteiger partial charge in [-0.1, -0.05) is 29.8 Å². The van der Waals surface area contributed by atoms with Gasteiger partial charge in [-0.15, -0.1) is 0 Å². The Morgan fingerprint density at radius 1 is 1.00 bits per heavy atom. The highest BCUT2D eigenvalue weighted by Crippen LogP contribution is 2.24. The number of anilines is 1. The maximum absolute atomic E-state index is 13.6. The maximum Gasteiger partial charge on any atom is 0.230 e. The van der Waals surface area contributed by atoms with Crippen LogP contribution in [0.25, 0.3) is 16.9 Å². The Morgan fingerprint density at radius 3 is 2.42 bits per heavy atom. The van der Waals surface area contributed by atoms with Crippen molar-refractivity contribution >= 4 is 11.7 Å². The number of imidazole rings is 1. The number of halogens is 1. The molecule has 0 radical (unpaired) electrons. The van der Waals surface area contributed by atoms with Crippen LogP contribution >= 0.6 is 0 Å². The number of amides is 1. The smallest absolute Gasteiger partial charge is 0.230 e. The average molecular weight is 487 g/mol. The van der Waals surface area contributed by atoms with Gasteiger partial charge in [0.25, 0.3) is 0 Å². The van der Waals surface area contributed by atoms with Crippen LogP contribution in [0.5, 0.6) is 5.88 Å². The van der Waals surface area contributed by atoms with Crippen LogP contribution in [-0.4, -0.2) is 63.6 Å². The molecule has 1 amide bonds. The van der Waals surface area contributed by atoms with Crippen molar-refractivity contribution in [2.45, 2.75) is 13.3 Å². The fourth-order valence-corrected chi connectivity index (χ4v) is 4.28. The van der Waals surface area contributed by atoms with Crippen molar-refractivity contribution in [1.82, 2.24) is 24.4 Å². The van der Waals surface area contributed by atoms with Gasteiger partial charge in [-0.05, 0) is 31.2 Å². The molecule has 5 rings (SSSR count). The predicted molar refractivity (Wildman–Crippen MR) is 135 cm³/mol. The van der Waals surface area contributed by atoms with Crippen molar-refractivity contribution in [3.63, 3.8) is 0 Å². The summed E-state index contributed by atoms with van der Waals surface area (Å²) in [7, 11) is 1.57. The van der Waals surface area contributed by atoms with E-state index in [9.17, 15) is 9.18 Å². The van der Waals surface area contributed by atoms with Gasteiger partial charge in [-0.3, -0.25) is 4.79 Å². The van der Waals surface area contributed by atoms with E-state index >= 15 is 0 Å². The van der Waals surface area contributed by atoms with E-state index in [4.69, 9.17) is 9.72 Å². The normalized spacial score (nSPS) is 13.6. The van der Waals surface area contributed by atoms with Gasteiger partial charge in [0.2, 0.25) is 11.8 Å². The van der Waals surface area contributed by atoms with Crippen LogP contribution in [0.2, 0.25) is 0 Å². The van der Waals surface area contributed by atoms with E-state index in [1.165, 1.54) is 18.5 Å². The highest BCUT2D eigenvalue weighted by atomic mass is 19.1. The minimum Gasteiger partial charge on any atom is -0.481 e. The van der Waals surface area contributed by atoms with E-state index in [2.05, 4.69) is 14.9 Å². The minimum absolute atomic E-state index is 0.000615. The molecule has 8 nitrogen and oxygen atoms in total. The first-order valence-electron chi connectivity index (χ1n) is 11.8. The summed E-state index contributed by atoms with van der Waals surface area (Å²) in [6.45, 7) is 4.51. The van der Waals surface area contributed by atoms with Gasteiger partial charge in [-0.25, -0.2) is 19.3 Å². The molecular formula is C27H27FN6O2. The van der Waals surface area contributed by atoms with Crippen LogP contribution in [0, 0.1) is 12.7 Å². The molecule has 36 heavy (non-hydrogen) atoms. The highest BCUT2D eigenvalue weighted by molar-refractivity contribution is 5.79. The second kappa shape index (κ2) is 10.2. The standard InChI is InChI=1S/C27H27FN6O2/c1-19-3-5-20(6-4-19)23-17-34(22-9-7-21(28)8-10-22)25(31-23)16-27(35)33-13-11-32(12-14-33)24-15-26(36-2)30-18-29-24/h3-10,15,17-18H,11-14,16H2,1-2H3. The summed E-state index contributed by atoms with van der Waals surface area (Å²) in [6, 6.07) is 16.1. The number of carbonyl (C=O) groups is 1. The summed E-state index contributed by atoms with van der Waals surface area (Å²) in [4.78, 5) is 30.4. The van der Waals surface area contributed by atoms with E-state index in [0.29, 0.717) is 37.9 Å². The molecule has 9 heteroatoms. The summed E-state index contributed by atoms with van der Waals surface area (Å²) in [5.74, 6) is 1.60. The summed E-state index contributed by atoms with van der Waals surface area (Å²) in [6.07, 6.45) is 3.53. The third-order valence-electron chi connectivity index (χ3n) is 6.33. The van der Waals surface area contributed by atoms with Gasteiger partial charge in [0.15, 0.2) is 0 Å². The molecule has 0 atom stereocenters. The Bertz CT molecular complexity index is 1350. The largest absolute Gasteiger partial charge is 0.481 e. The molecule has 1 aliphatic heterocycles. The molecule has 1 aliphatic rings. The van der Waals surface area contributed by atoms with Crippen LogP contribution in [0.4, 0.5) is 10.2 Å². The minimum atomic E-state index is -0.311. The highest BCUT2D eigenvalue weighted by Gasteiger charge is 2.24. The van der Waals surface area contributed by atoms with Gasteiger partial charge in [0.05, 0.1) is 19.2 Å². The van der Waals surface area contributed by atoms with E-state index in [-0.39, 0.29) is 18.1 Å². The number of aryl methyl sites for hydroxylation is 1. The number of nitrogens with zero attached hydrogens (tertiary/aromatic N) is 6. The van der Waals surface area contributed by atoms with Crippen molar-refractivity contribution in [1.29, 1.82) is 0 Å². The number of carbonyl (C=O) groups excluding carboxylic acids is 1. The number of rotatable bonds is 6. The first kappa shape index (κ1) is 23.5. The topological polar surface area (TPSA) is 76.4 Å². The monoisotopic (exact) mass is 486 g/mol. The third-order valence-corrected chi connectivity index (χ3v) is 6.33. The van der Waals surface area contributed by atoms with Crippen molar-refractivity contribution in [3.8, 4) is 22.8 Å². The summed E-state index contributed by atoms with van der Waals surface area (Å²) < 4.78 is 20.6. The summed E-state index contributed by atoms with van der Waals surface area (Å²) in [5.41, 5.74) is 3.65.